The molecule has 0 spiro atoms. The maximum atomic E-state index is 10.8. The van der Waals surface area contributed by atoms with Gasteiger partial charge in [0.25, 0.3) is 0 Å². The molecule has 0 atom stereocenters. The number of anilines is 3. The molecule has 1 aromatic carbocycles. The second-order valence-electron chi connectivity index (χ2n) is 5.68. The number of amides is 1. The van der Waals surface area contributed by atoms with Crippen LogP contribution in [0.4, 0.5) is 17.5 Å². The van der Waals surface area contributed by atoms with Crippen LogP contribution >= 0.6 is 0 Å². The van der Waals surface area contributed by atoms with Crippen LogP contribution in [0.5, 0.6) is 5.75 Å². The summed E-state index contributed by atoms with van der Waals surface area (Å²) in [5.41, 5.74) is 1.83. The predicted octanol–water partition coefficient (Wildman–Crippen LogP) is 1.82. The van der Waals surface area contributed by atoms with Crippen LogP contribution in [0.15, 0.2) is 30.3 Å². The molecule has 1 N–H and O–H groups in total. The van der Waals surface area contributed by atoms with E-state index in [9.17, 15) is 4.79 Å². The Morgan fingerprint density at radius 1 is 1.12 bits per heavy atom. The molecule has 1 amide bonds. The third-order valence-electron chi connectivity index (χ3n) is 3.95. The molecular weight excluding hydrogens is 306 g/mol. The quantitative estimate of drug-likeness (QED) is 0.845. The molecule has 0 bridgehead atoms. The predicted molar refractivity (Wildman–Crippen MR) is 92.9 cm³/mol. The van der Waals surface area contributed by atoms with Crippen molar-refractivity contribution >= 4 is 23.9 Å². The van der Waals surface area contributed by atoms with Crippen LogP contribution in [0.25, 0.3) is 0 Å². The lowest BCUT2D eigenvalue weighted by Crippen LogP contribution is -2.46. The van der Waals surface area contributed by atoms with Crippen molar-refractivity contribution in [2.24, 2.45) is 0 Å². The maximum absolute atomic E-state index is 10.8. The number of hydrogen-bond acceptors (Lipinski definition) is 6. The zero-order valence-corrected chi connectivity index (χ0v) is 13.9. The van der Waals surface area contributed by atoms with Gasteiger partial charge < -0.3 is 19.9 Å². The van der Waals surface area contributed by atoms with Crippen LogP contribution in [0.3, 0.4) is 0 Å². The van der Waals surface area contributed by atoms with Gasteiger partial charge in [-0.15, -0.1) is 0 Å². The van der Waals surface area contributed by atoms with Crippen molar-refractivity contribution in [2.45, 2.75) is 6.92 Å². The van der Waals surface area contributed by atoms with Gasteiger partial charge in [-0.25, -0.2) is 4.98 Å². The number of benzene rings is 1. The third-order valence-corrected chi connectivity index (χ3v) is 3.95. The van der Waals surface area contributed by atoms with Crippen LogP contribution in [-0.2, 0) is 4.79 Å². The molecule has 1 aliphatic rings. The summed E-state index contributed by atoms with van der Waals surface area (Å²) in [5.74, 6) is 2.25. The molecule has 126 valence electrons. The van der Waals surface area contributed by atoms with Gasteiger partial charge in [0, 0.05) is 43.6 Å². The molecule has 0 aliphatic carbocycles. The number of carbonyl (C=O) groups excluding carboxylic acids is 1. The SMILES string of the molecule is COc1ccc(Nc2cc(C)nc(N3CCN(C=O)CC3)n2)cc1. The molecule has 0 saturated carbocycles. The van der Waals surface area contributed by atoms with Crippen molar-refractivity contribution in [3.05, 3.63) is 36.0 Å². The van der Waals surface area contributed by atoms with E-state index in [2.05, 4.69) is 20.2 Å². The van der Waals surface area contributed by atoms with Crippen molar-refractivity contribution < 1.29 is 9.53 Å². The number of aryl methyl sites for hydroxylation is 1. The minimum atomic E-state index is 0.691. The second kappa shape index (κ2) is 7.16. The van der Waals surface area contributed by atoms with Gasteiger partial charge in [0.05, 0.1) is 7.11 Å². The number of hydrogen-bond donors (Lipinski definition) is 1. The first-order chi connectivity index (χ1) is 11.7. The van der Waals surface area contributed by atoms with E-state index in [0.717, 1.165) is 42.4 Å². The lowest BCUT2D eigenvalue weighted by atomic mass is 10.3. The largest absolute Gasteiger partial charge is 0.497 e. The molecule has 1 aromatic heterocycles. The van der Waals surface area contributed by atoms with Gasteiger partial charge in [-0.1, -0.05) is 0 Å². The van der Waals surface area contributed by atoms with E-state index in [-0.39, 0.29) is 0 Å². The molecule has 2 heterocycles. The fourth-order valence-electron chi connectivity index (χ4n) is 2.61. The number of nitrogens with one attached hydrogen (secondary N) is 1. The number of carbonyl (C=O) groups is 1. The van der Waals surface area contributed by atoms with E-state index in [1.165, 1.54) is 0 Å². The Hall–Kier alpha value is -2.83. The molecule has 0 unspecified atom stereocenters. The number of methoxy groups -OCH3 is 1. The molecule has 0 radical (unpaired) electrons. The molecule has 1 fully saturated rings. The number of ether oxygens (including phenoxy) is 1. The van der Waals surface area contributed by atoms with Gasteiger partial charge >= 0.3 is 0 Å². The standard InChI is InChI=1S/C17H21N5O2/c1-13-11-16(19-14-3-5-15(24-2)6-4-14)20-17(18-13)22-9-7-21(12-23)8-10-22/h3-6,11-12H,7-10H2,1-2H3,(H,18,19,20). The summed E-state index contributed by atoms with van der Waals surface area (Å²) >= 11 is 0. The summed E-state index contributed by atoms with van der Waals surface area (Å²) in [4.78, 5) is 23.8. The van der Waals surface area contributed by atoms with Gasteiger partial charge in [-0.3, -0.25) is 4.79 Å². The van der Waals surface area contributed by atoms with Crippen LogP contribution in [0.2, 0.25) is 0 Å². The van der Waals surface area contributed by atoms with Crippen molar-refractivity contribution in [3.63, 3.8) is 0 Å². The second-order valence-corrected chi connectivity index (χ2v) is 5.68. The molecule has 24 heavy (non-hydrogen) atoms. The van der Waals surface area contributed by atoms with Gasteiger partial charge in [0.2, 0.25) is 12.4 Å². The lowest BCUT2D eigenvalue weighted by molar-refractivity contribution is -0.118. The summed E-state index contributed by atoms with van der Waals surface area (Å²) < 4.78 is 5.17. The van der Waals surface area contributed by atoms with E-state index < -0.39 is 0 Å². The Bertz CT molecular complexity index is 697. The van der Waals surface area contributed by atoms with Gasteiger partial charge in [-0.2, -0.15) is 4.98 Å². The van der Waals surface area contributed by atoms with Crippen molar-refractivity contribution in [2.75, 3.05) is 43.5 Å². The highest BCUT2D eigenvalue weighted by molar-refractivity contribution is 5.59. The molecule has 7 nitrogen and oxygen atoms in total. The highest BCUT2D eigenvalue weighted by atomic mass is 16.5. The Kier molecular flexibility index (Phi) is 4.79. The van der Waals surface area contributed by atoms with Crippen molar-refractivity contribution in [1.82, 2.24) is 14.9 Å². The lowest BCUT2D eigenvalue weighted by Gasteiger charge is -2.32. The van der Waals surface area contributed by atoms with Gasteiger partial charge in [0.1, 0.15) is 11.6 Å². The summed E-state index contributed by atoms with van der Waals surface area (Å²) in [5, 5.41) is 3.30. The summed E-state index contributed by atoms with van der Waals surface area (Å²) in [7, 11) is 1.65. The van der Waals surface area contributed by atoms with E-state index in [0.29, 0.717) is 19.0 Å². The normalized spacial score (nSPS) is 14.4. The number of piperazine rings is 1. The Morgan fingerprint density at radius 3 is 2.46 bits per heavy atom. The Labute approximate surface area is 141 Å². The highest BCUT2D eigenvalue weighted by Crippen LogP contribution is 2.21. The summed E-state index contributed by atoms with van der Waals surface area (Å²) in [6.45, 7) is 4.82. The average molecular weight is 327 g/mol. The highest BCUT2D eigenvalue weighted by Gasteiger charge is 2.18. The maximum Gasteiger partial charge on any atom is 0.227 e. The zero-order valence-electron chi connectivity index (χ0n) is 13.9. The van der Waals surface area contributed by atoms with E-state index in [1.54, 1.807) is 12.0 Å². The minimum Gasteiger partial charge on any atom is -0.497 e. The van der Waals surface area contributed by atoms with Crippen LogP contribution in [-0.4, -0.2) is 54.6 Å². The van der Waals surface area contributed by atoms with Crippen molar-refractivity contribution in [3.8, 4) is 5.75 Å². The molecular formula is C17H21N5O2. The van der Waals surface area contributed by atoms with Gasteiger partial charge in [0.15, 0.2) is 0 Å². The molecule has 1 saturated heterocycles. The first-order valence-electron chi connectivity index (χ1n) is 7.89. The summed E-state index contributed by atoms with van der Waals surface area (Å²) in [6, 6.07) is 9.60. The fourth-order valence-corrected chi connectivity index (χ4v) is 2.61. The fraction of sp³-hybridized carbons (Fsp3) is 0.353. The Balaban J connectivity index is 1.74. The minimum absolute atomic E-state index is 0.691. The Morgan fingerprint density at radius 2 is 1.83 bits per heavy atom. The molecule has 2 aromatic rings. The van der Waals surface area contributed by atoms with Crippen LogP contribution in [0.1, 0.15) is 5.69 Å². The first kappa shape index (κ1) is 16.0. The van der Waals surface area contributed by atoms with Crippen molar-refractivity contribution in [1.29, 1.82) is 0 Å². The number of rotatable bonds is 5. The van der Waals surface area contributed by atoms with E-state index >= 15 is 0 Å². The monoisotopic (exact) mass is 327 g/mol. The average Bonchev–Trinajstić information content (AvgIpc) is 2.62. The van der Waals surface area contributed by atoms with E-state index in [1.807, 2.05) is 37.3 Å². The first-order valence-corrected chi connectivity index (χ1v) is 7.89. The van der Waals surface area contributed by atoms with E-state index in [4.69, 9.17) is 4.74 Å². The molecule has 7 heteroatoms. The molecule has 1 aliphatic heterocycles. The zero-order chi connectivity index (χ0) is 16.9. The third kappa shape index (κ3) is 3.73. The van der Waals surface area contributed by atoms with Crippen LogP contribution < -0.4 is 15.0 Å². The van der Waals surface area contributed by atoms with Crippen LogP contribution in [0, 0.1) is 6.92 Å². The number of aromatic nitrogens is 2. The summed E-state index contributed by atoms with van der Waals surface area (Å²) in [6.07, 6.45) is 0.894. The molecule has 3 rings (SSSR count). The number of nitrogens with zero attached hydrogens (tertiary/aromatic N) is 4. The smallest absolute Gasteiger partial charge is 0.227 e. The van der Waals surface area contributed by atoms with Gasteiger partial charge in [-0.05, 0) is 31.2 Å². The topological polar surface area (TPSA) is 70.6 Å².